The minimum absolute atomic E-state index is 0.0318. The van der Waals surface area contributed by atoms with E-state index in [0.717, 1.165) is 32.4 Å². The molecule has 0 aliphatic carbocycles. The van der Waals surface area contributed by atoms with E-state index in [1.54, 1.807) is 4.90 Å². The molecule has 0 radical (unpaired) electrons. The summed E-state index contributed by atoms with van der Waals surface area (Å²) in [5, 5.41) is 9.16. The summed E-state index contributed by atoms with van der Waals surface area (Å²) in [6.07, 6.45) is 3.26. The van der Waals surface area contributed by atoms with Crippen LogP contribution >= 0.6 is 0 Å². The van der Waals surface area contributed by atoms with Gasteiger partial charge in [-0.25, -0.2) is 4.79 Å². The lowest BCUT2D eigenvalue weighted by Crippen LogP contribution is -2.42. The van der Waals surface area contributed by atoms with Crippen LogP contribution in [0.5, 0.6) is 0 Å². The highest BCUT2D eigenvalue weighted by Crippen LogP contribution is 2.37. The van der Waals surface area contributed by atoms with Crippen LogP contribution in [-0.4, -0.2) is 53.1 Å². The molecule has 2 unspecified atom stereocenters. The van der Waals surface area contributed by atoms with Crippen molar-refractivity contribution in [3.63, 3.8) is 0 Å². The molecule has 2 heterocycles. The van der Waals surface area contributed by atoms with E-state index in [4.69, 9.17) is 5.11 Å². The van der Waals surface area contributed by atoms with Crippen LogP contribution in [0.25, 0.3) is 0 Å². The number of amides is 2. The SMILES string of the molecule is CCC1(CC)CCN(C(=O)N2CC(C)C(C(=O)O)C2)C1. The van der Waals surface area contributed by atoms with Gasteiger partial charge in [0.1, 0.15) is 0 Å². The van der Waals surface area contributed by atoms with E-state index < -0.39 is 11.9 Å². The molecule has 2 aliphatic heterocycles. The molecule has 0 aromatic rings. The van der Waals surface area contributed by atoms with E-state index in [1.165, 1.54) is 0 Å². The zero-order valence-electron chi connectivity index (χ0n) is 12.8. The molecule has 5 heteroatoms. The quantitative estimate of drug-likeness (QED) is 0.863. The maximum absolute atomic E-state index is 12.5. The first-order valence-electron chi connectivity index (χ1n) is 7.69. The highest BCUT2D eigenvalue weighted by atomic mass is 16.4. The number of likely N-dealkylation sites (tertiary alicyclic amines) is 2. The second-order valence-electron chi connectivity index (χ2n) is 6.49. The average Bonchev–Trinajstić information content (AvgIpc) is 3.02. The summed E-state index contributed by atoms with van der Waals surface area (Å²) in [6, 6.07) is 0.0318. The van der Waals surface area contributed by atoms with Gasteiger partial charge in [-0.2, -0.15) is 0 Å². The minimum atomic E-state index is -0.786. The van der Waals surface area contributed by atoms with Crippen LogP contribution in [0.3, 0.4) is 0 Å². The number of rotatable bonds is 3. The van der Waals surface area contributed by atoms with Crippen LogP contribution < -0.4 is 0 Å². The Bertz CT molecular complexity index is 393. The lowest BCUT2D eigenvalue weighted by molar-refractivity contribution is -0.142. The van der Waals surface area contributed by atoms with E-state index in [1.807, 2.05) is 11.8 Å². The van der Waals surface area contributed by atoms with E-state index in [2.05, 4.69) is 13.8 Å². The molecule has 5 nitrogen and oxygen atoms in total. The van der Waals surface area contributed by atoms with Gasteiger partial charge in [-0.1, -0.05) is 20.8 Å². The molecule has 0 aromatic carbocycles. The number of nitrogens with zero attached hydrogens (tertiary/aromatic N) is 2. The summed E-state index contributed by atoms with van der Waals surface area (Å²) < 4.78 is 0. The standard InChI is InChI=1S/C15H26N2O3/c1-4-15(5-2)6-7-16(10-15)14(20)17-8-11(3)12(9-17)13(18)19/h11-12H,4-10H2,1-3H3,(H,18,19). The Morgan fingerprint density at radius 1 is 1.20 bits per heavy atom. The highest BCUT2D eigenvalue weighted by Gasteiger charge is 2.42. The van der Waals surface area contributed by atoms with Crippen molar-refractivity contribution in [3.8, 4) is 0 Å². The third-order valence-electron chi connectivity index (χ3n) is 5.41. The van der Waals surface area contributed by atoms with E-state index >= 15 is 0 Å². The predicted octanol–water partition coefficient (Wildman–Crippen LogP) is 2.27. The zero-order chi connectivity index (χ0) is 14.9. The molecule has 0 spiro atoms. The Hall–Kier alpha value is -1.26. The van der Waals surface area contributed by atoms with Crippen molar-refractivity contribution in [2.45, 2.75) is 40.0 Å². The topological polar surface area (TPSA) is 60.9 Å². The lowest BCUT2D eigenvalue weighted by atomic mass is 9.82. The van der Waals surface area contributed by atoms with Gasteiger partial charge in [0, 0.05) is 26.2 Å². The van der Waals surface area contributed by atoms with Gasteiger partial charge in [0.2, 0.25) is 0 Å². The number of carboxylic acids is 1. The van der Waals surface area contributed by atoms with Crippen LogP contribution in [-0.2, 0) is 4.79 Å². The van der Waals surface area contributed by atoms with Crippen LogP contribution in [0.15, 0.2) is 0 Å². The first-order chi connectivity index (χ1) is 9.42. The average molecular weight is 282 g/mol. The monoisotopic (exact) mass is 282 g/mol. The van der Waals surface area contributed by atoms with Crippen LogP contribution in [0.1, 0.15) is 40.0 Å². The Labute approximate surface area is 120 Å². The largest absolute Gasteiger partial charge is 0.481 e. The molecule has 2 amide bonds. The van der Waals surface area contributed by atoms with Crippen LogP contribution in [0, 0.1) is 17.3 Å². The molecule has 0 saturated carbocycles. The van der Waals surface area contributed by atoms with Crippen molar-refractivity contribution in [3.05, 3.63) is 0 Å². The summed E-state index contributed by atoms with van der Waals surface area (Å²) in [4.78, 5) is 27.3. The molecule has 0 bridgehead atoms. The van der Waals surface area contributed by atoms with E-state index in [9.17, 15) is 9.59 Å². The molecule has 114 valence electrons. The van der Waals surface area contributed by atoms with Crippen molar-refractivity contribution in [1.82, 2.24) is 9.80 Å². The molecular weight excluding hydrogens is 256 g/mol. The van der Waals surface area contributed by atoms with Crippen molar-refractivity contribution in [2.75, 3.05) is 26.2 Å². The molecule has 20 heavy (non-hydrogen) atoms. The predicted molar refractivity (Wildman–Crippen MR) is 76.5 cm³/mol. The smallest absolute Gasteiger partial charge is 0.320 e. The number of carbonyl (C=O) groups is 2. The van der Waals surface area contributed by atoms with Gasteiger partial charge in [-0.05, 0) is 30.6 Å². The van der Waals surface area contributed by atoms with Gasteiger partial charge in [0.15, 0.2) is 0 Å². The highest BCUT2D eigenvalue weighted by molar-refractivity contribution is 5.78. The Balaban J connectivity index is 1.98. The first-order valence-corrected chi connectivity index (χ1v) is 7.69. The molecule has 2 aliphatic rings. The number of carboxylic acid groups (broad SMARTS) is 1. The molecule has 2 atom stereocenters. The van der Waals surface area contributed by atoms with Crippen molar-refractivity contribution < 1.29 is 14.7 Å². The number of carbonyl (C=O) groups excluding carboxylic acids is 1. The van der Waals surface area contributed by atoms with Crippen molar-refractivity contribution in [1.29, 1.82) is 0 Å². The maximum atomic E-state index is 12.5. The fraction of sp³-hybridized carbons (Fsp3) is 0.867. The fourth-order valence-electron chi connectivity index (χ4n) is 3.57. The summed E-state index contributed by atoms with van der Waals surface area (Å²) >= 11 is 0. The Morgan fingerprint density at radius 2 is 1.85 bits per heavy atom. The molecule has 2 saturated heterocycles. The molecular formula is C15H26N2O3. The summed E-state index contributed by atoms with van der Waals surface area (Å²) in [5.74, 6) is -1.16. The van der Waals surface area contributed by atoms with Crippen LogP contribution in [0.4, 0.5) is 4.79 Å². The molecule has 2 fully saturated rings. The van der Waals surface area contributed by atoms with Gasteiger partial charge >= 0.3 is 12.0 Å². The molecule has 2 rings (SSSR count). The Kier molecular flexibility index (Phi) is 4.25. The lowest BCUT2D eigenvalue weighted by Gasteiger charge is -2.28. The molecule has 1 N–H and O–H groups in total. The number of aliphatic carboxylic acids is 1. The second-order valence-corrected chi connectivity index (χ2v) is 6.49. The van der Waals surface area contributed by atoms with Gasteiger partial charge in [-0.3, -0.25) is 4.79 Å². The minimum Gasteiger partial charge on any atom is -0.481 e. The van der Waals surface area contributed by atoms with Gasteiger partial charge < -0.3 is 14.9 Å². The third-order valence-corrected chi connectivity index (χ3v) is 5.41. The summed E-state index contributed by atoms with van der Waals surface area (Å²) in [7, 11) is 0. The number of hydrogen-bond donors (Lipinski definition) is 1. The zero-order valence-corrected chi connectivity index (χ0v) is 12.8. The normalized spacial score (nSPS) is 28.9. The van der Waals surface area contributed by atoms with Crippen molar-refractivity contribution >= 4 is 12.0 Å². The third kappa shape index (κ3) is 2.63. The Morgan fingerprint density at radius 3 is 2.30 bits per heavy atom. The molecule has 0 aromatic heterocycles. The van der Waals surface area contributed by atoms with Crippen molar-refractivity contribution in [2.24, 2.45) is 17.3 Å². The van der Waals surface area contributed by atoms with Gasteiger partial charge in [0.25, 0.3) is 0 Å². The number of hydrogen-bond acceptors (Lipinski definition) is 2. The second kappa shape index (κ2) is 5.62. The summed E-state index contributed by atoms with van der Waals surface area (Å²) in [6.45, 7) is 8.85. The van der Waals surface area contributed by atoms with Gasteiger partial charge in [-0.15, -0.1) is 0 Å². The summed E-state index contributed by atoms with van der Waals surface area (Å²) in [5.41, 5.74) is 0.271. The van der Waals surface area contributed by atoms with E-state index in [-0.39, 0.29) is 17.4 Å². The fourth-order valence-corrected chi connectivity index (χ4v) is 3.57. The van der Waals surface area contributed by atoms with Crippen LogP contribution in [0.2, 0.25) is 0 Å². The first kappa shape index (κ1) is 15.1. The number of urea groups is 1. The maximum Gasteiger partial charge on any atom is 0.320 e. The van der Waals surface area contributed by atoms with E-state index in [0.29, 0.717) is 13.1 Å². The van der Waals surface area contributed by atoms with Gasteiger partial charge in [0.05, 0.1) is 5.92 Å².